The van der Waals surface area contributed by atoms with Crippen LogP contribution in [0.15, 0.2) is 18.5 Å². The van der Waals surface area contributed by atoms with E-state index in [1.54, 1.807) is 31.7 Å². The Morgan fingerprint density at radius 2 is 2.14 bits per heavy atom. The summed E-state index contributed by atoms with van der Waals surface area (Å²) in [6, 6.07) is -0.337. The van der Waals surface area contributed by atoms with E-state index in [9.17, 15) is 19.9 Å². The number of amides is 2. The van der Waals surface area contributed by atoms with Crippen LogP contribution in [0.2, 0.25) is 0 Å². The topological polar surface area (TPSA) is 141 Å². The van der Waals surface area contributed by atoms with Crippen molar-refractivity contribution in [2.45, 2.75) is 38.8 Å². The third-order valence-electron chi connectivity index (χ3n) is 4.25. The normalized spacial score (nSPS) is 24.2. The summed E-state index contributed by atoms with van der Waals surface area (Å²) < 4.78 is 6.60. The molecule has 12 heteroatoms. The molecular formula is C17H26N6O6. The zero-order valence-electron chi connectivity index (χ0n) is 16.5. The van der Waals surface area contributed by atoms with Crippen molar-refractivity contribution >= 4 is 17.7 Å². The summed E-state index contributed by atoms with van der Waals surface area (Å²) >= 11 is 0. The van der Waals surface area contributed by atoms with Gasteiger partial charge in [-0.1, -0.05) is 0 Å². The summed E-state index contributed by atoms with van der Waals surface area (Å²) in [4.78, 5) is 30.4. The molecule has 1 aromatic heterocycles. The molecule has 3 unspecified atom stereocenters. The van der Waals surface area contributed by atoms with Crippen LogP contribution in [0.3, 0.4) is 0 Å². The highest BCUT2D eigenvalue weighted by molar-refractivity contribution is 5.93. The first-order valence-electron chi connectivity index (χ1n) is 9.18. The molecule has 1 saturated heterocycles. The largest absolute Gasteiger partial charge is 0.444 e. The Balaban J connectivity index is 1.43. The third-order valence-corrected chi connectivity index (χ3v) is 4.25. The van der Waals surface area contributed by atoms with Gasteiger partial charge in [-0.25, -0.2) is 15.0 Å². The van der Waals surface area contributed by atoms with Gasteiger partial charge in [0, 0.05) is 25.8 Å². The summed E-state index contributed by atoms with van der Waals surface area (Å²) in [5.74, 6) is -0.489. The van der Waals surface area contributed by atoms with Crippen molar-refractivity contribution in [1.29, 1.82) is 0 Å². The number of carbonyl (C=O) groups excluding carboxylic acids is 2. The number of nitrogens with zero attached hydrogens (tertiary/aromatic N) is 4. The minimum Gasteiger partial charge on any atom is -0.444 e. The van der Waals surface area contributed by atoms with Crippen LogP contribution in [0, 0.1) is 0 Å². The molecule has 1 aromatic rings. The van der Waals surface area contributed by atoms with E-state index in [1.165, 1.54) is 17.1 Å². The second-order valence-corrected chi connectivity index (χ2v) is 7.76. The molecule has 29 heavy (non-hydrogen) atoms. The maximum atomic E-state index is 12.2. The Morgan fingerprint density at radius 1 is 1.38 bits per heavy atom. The highest BCUT2D eigenvalue weighted by Gasteiger charge is 2.40. The molecule has 4 N–H and O–H groups in total. The zero-order chi connectivity index (χ0) is 21.2. The number of rotatable bonds is 6. The number of aliphatic hydroxyl groups excluding tert-OH is 1. The lowest BCUT2D eigenvalue weighted by Gasteiger charge is -2.22. The quantitative estimate of drug-likeness (QED) is 0.363. The molecule has 0 aromatic carbocycles. The number of aromatic nitrogens is 2. The van der Waals surface area contributed by atoms with Gasteiger partial charge in [0.2, 0.25) is 0 Å². The lowest BCUT2D eigenvalue weighted by atomic mass is 10.2. The molecule has 2 bridgehead atoms. The van der Waals surface area contributed by atoms with Crippen molar-refractivity contribution in [3.05, 3.63) is 24.0 Å². The predicted molar refractivity (Wildman–Crippen MR) is 99.1 cm³/mol. The van der Waals surface area contributed by atoms with E-state index in [0.717, 1.165) is 10.8 Å². The van der Waals surface area contributed by atoms with Crippen molar-refractivity contribution in [3.8, 4) is 0 Å². The van der Waals surface area contributed by atoms with Crippen molar-refractivity contribution in [3.63, 3.8) is 0 Å². The molecule has 2 aliphatic heterocycles. The highest BCUT2D eigenvalue weighted by Crippen LogP contribution is 2.26. The van der Waals surface area contributed by atoms with Crippen LogP contribution in [-0.4, -0.2) is 86.3 Å². The fourth-order valence-electron chi connectivity index (χ4n) is 2.95. The number of carbonyl (C=O) groups is 2. The number of ether oxygens (including phenoxy) is 1. The van der Waals surface area contributed by atoms with E-state index in [2.05, 4.69) is 15.9 Å². The first-order chi connectivity index (χ1) is 13.6. The predicted octanol–water partition coefficient (Wildman–Crippen LogP) is -0.425. The van der Waals surface area contributed by atoms with Gasteiger partial charge >= 0.3 is 6.09 Å². The van der Waals surface area contributed by atoms with Gasteiger partial charge in [-0.05, 0) is 26.8 Å². The second kappa shape index (κ2) is 8.47. The minimum absolute atomic E-state index is 0.0607. The number of alkyl carbamates (subject to hydrolysis) is 1. The highest BCUT2D eigenvalue weighted by atomic mass is 16.7. The van der Waals surface area contributed by atoms with Crippen molar-refractivity contribution < 1.29 is 29.5 Å². The molecule has 2 aliphatic rings. The van der Waals surface area contributed by atoms with Crippen molar-refractivity contribution in [1.82, 2.24) is 30.5 Å². The van der Waals surface area contributed by atoms with Gasteiger partial charge in [-0.3, -0.25) is 14.5 Å². The molecule has 12 nitrogen and oxygen atoms in total. The molecule has 0 aliphatic carbocycles. The van der Waals surface area contributed by atoms with E-state index in [-0.39, 0.29) is 24.8 Å². The van der Waals surface area contributed by atoms with E-state index in [4.69, 9.17) is 9.57 Å². The Labute approximate surface area is 167 Å². The van der Waals surface area contributed by atoms with Crippen LogP contribution in [0.5, 0.6) is 0 Å². The third kappa shape index (κ3) is 5.31. The van der Waals surface area contributed by atoms with E-state index in [1.807, 2.05) is 0 Å². The first-order valence-corrected chi connectivity index (χ1v) is 9.18. The molecule has 0 spiro atoms. The van der Waals surface area contributed by atoms with Gasteiger partial charge in [0.1, 0.15) is 5.60 Å². The van der Waals surface area contributed by atoms with Crippen LogP contribution >= 0.6 is 0 Å². The summed E-state index contributed by atoms with van der Waals surface area (Å²) in [5, 5.41) is 27.2. The standard InChI is InChI=1S/C17H26N6O6/c1-17(2,3)29-15(25)18-4-5-28-20-14(24)11-7-19-22(8-11)12-6-13-10-21(9-12)16(26)23(13)27/h6-8,13,16,26-27H,4-5,9-10H2,1-3H3,(H,18,25)(H,20,24). The van der Waals surface area contributed by atoms with Gasteiger partial charge in [0.15, 0.2) is 6.35 Å². The minimum atomic E-state index is -1.06. The average Bonchev–Trinajstić information content (AvgIpc) is 3.21. The van der Waals surface area contributed by atoms with Crippen molar-refractivity contribution in [2.24, 2.45) is 0 Å². The molecule has 2 amide bonds. The van der Waals surface area contributed by atoms with Crippen molar-refractivity contribution in [2.75, 3.05) is 26.2 Å². The Hall–Kier alpha value is -2.51. The molecular weight excluding hydrogens is 384 g/mol. The van der Waals surface area contributed by atoms with Gasteiger partial charge < -0.3 is 20.4 Å². The Morgan fingerprint density at radius 3 is 2.83 bits per heavy atom. The summed E-state index contributed by atoms with van der Waals surface area (Å²) in [6.45, 7) is 6.40. The number of hydroxylamine groups is 3. The SMILES string of the molecule is CC(C)(C)OC(=O)NCCONC(=O)c1cnn(C2=CC3CN(C2)C(O)N3O)c1. The number of hydrogen-bond acceptors (Lipinski definition) is 9. The summed E-state index contributed by atoms with van der Waals surface area (Å²) in [5.41, 5.74) is 2.71. The fourth-order valence-corrected chi connectivity index (χ4v) is 2.95. The molecule has 160 valence electrons. The number of fused-ring (bicyclic) bond motifs is 2. The van der Waals surface area contributed by atoms with E-state index >= 15 is 0 Å². The van der Waals surface area contributed by atoms with Crippen LogP contribution in [0.1, 0.15) is 31.1 Å². The smallest absolute Gasteiger partial charge is 0.407 e. The fraction of sp³-hybridized carbons (Fsp3) is 0.588. The molecule has 0 saturated carbocycles. The van der Waals surface area contributed by atoms with Gasteiger partial charge in [0.25, 0.3) is 5.91 Å². The second-order valence-electron chi connectivity index (χ2n) is 7.76. The maximum absolute atomic E-state index is 12.2. The van der Waals surface area contributed by atoms with Crippen LogP contribution in [0.25, 0.3) is 5.70 Å². The monoisotopic (exact) mass is 410 g/mol. The van der Waals surface area contributed by atoms with Gasteiger partial charge in [-0.2, -0.15) is 5.10 Å². The molecule has 1 fully saturated rings. The van der Waals surface area contributed by atoms with Crippen LogP contribution in [0.4, 0.5) is 4.79 Å². The molecule has 3 heterocycles. The number of aliphatic hydroxyl groups is 1. The van der Waals surface area contributed by atoms with E-state index in [0.29, 0.717) is 13.1 Å². The maximum Gasteiger partial charge on any atom is 0.407 e. The Bertz CT molecular complexity index is 788. The molecule has 0 radical (unpaired) electrons. The summed E-state index contributed by atoms with van der Waals surface area (Å²) in [7, 11) is 0. The average molecular weight is 410 g/mol. The zero-order valence-corrected chi connectivity index (χ0v) is 16.5. The lowest BCUT2D eigenvalue weighted by Crippen LogP contribution is -2.37. The number of hydrogen-bond donors (Lipinski definition) is 4. The van der Waals surface area contributed by atoms with Crippen LogP contribution in [-0.2, 0) is 9.57 Å². The molecule has 3 rings (SSSR count). The van der Waals surface area contributed by atoms with E-state index < -0.39 is 24.0 Å². The van der Waals surface area contributed by atoms with Gasteiger partial charge in [0.05, 0.1) is 30.1 Å². The molecule has 3 atom stereocenters. The summed E-state index contributed by atoms with van der Waals surface area (Å²) in [6.07, 6.45) is 3.08. The first kappa shape index (κ1) is 21.2. The number of nitrogens with one attached hydrogen (secondary N) is 2. The van der Waals surface area contributed by atoms with Gasteiger partial charge in [-0.15, -0.1) is 5.06 Å². The Kier molecular flexibility index (Phi) is 6.19. The van der Waals surface area contributed by atoms with Crippen LogP contribution < -0.4 is 10.8 Å². The lowest BCUT2D eigenvalue weighted by molar-refractivity contribution is -0.214.